The second kappa shape index (κ2) is 12.1. The van der Waals surface area contributed by atoms with Crippen molar-refractivity contribution in [2.24, 2.45) is 5.92 Å². The van der Waals surface area contributed by atoms with Gasteiger partial charge in [-0.3, -0.25) is 4.90 Å². The molecule has 10 heteroatoms. The molecule has 1 aromatic rings. The number of amides is 1. The van der Waals surface area contributed by atoms with Crippen molar-refractivity contribution < 1.29 is 42.8 Å². The minimum atomic E-state index is -1.19. The van der Waals surface area contributed by atoms with Crippen LogP contribution >= 0.6 is 0 Å². The highest BCUT2D eigenvalue weighted by atomic mass is 19.1. The molecule has 1 aromatic carbocycles. The summed E-state index contributed by atoms with van der Waals surface area (Å²) in [4.78, 5) is 27.1. The van der Waals surface area contributed by atoms with Gasteiger partial charge >= 0.3 is 12.1 Å². The van der Waals surface area contributed by atoms with Gasteiger partial charge in [0.15, 0.2) is 5.79 Å². The molecule has 228 valence electrons. The van der Waals surface area contributed by atoms with Crippen LogP contribution in [0.15, 0.2) is 30.1 Å². The lowest BCUT2D eigenvalue weighted by molar-refractivity contribution is -0.146. The van der Waals surface area contributed by atoms with E-state index in [1.165, 1.54) is 11.0 Å². The van der Waals surface area contributed by atoms with E-state index in [9.17, 15) is 19.1 Å². The number of nitrogens with zero attached hydrogens (tertiary/aromatic N) is 1. The Bertz CT molecular complexity index is 1200. The Hall–Kier alpha value is -2.95. The predicted molar refractivity (Wildman–Crippen MR) is 153 cm³/mol. The number of rotatable bonds is 8. The molecule has 2 aliphatic heterocycles. The first kappa shape index (κ1) is 32.6. The van der Waals surface area contributed by atoms with Gasteiger partial charge in [0.25, 0.3) is 0 Å². The van der Waals surface area contributed by atoms with Crippen molar-refractivity contribution in [1.82, 2.24) is 0 Å². The van der Waals surface area contributed by atoms with Gasteiger partial charge in [0.1, 0.15) is 16.9 Å². The first-order valence-electron chi connectivity index (χ1n) is 13.9. The number of esters is 1. The van der Waals surface area contributed by atoms with Gasteiger partial charge in [0.05, 0.1) is 29.8 Å². The first-order valence-corrected chi connectivity index (χ1v) is 13.9. The molecule has 0 spiro atoms. The van der Waals surface area contributed by atoms with Gasteiger partial charge < -0.3 is 28.8 Å². The zero-order chi connectivity index (χ0) is 30.9. The monoisotopic (exact) mass is 577 g/mol. The summed E-state index contributed by atoms with van der Waals surface area (Å²) in [7, 11) is 1.58. The fraction of sp³-hybridized carbons (Fsp3) is 0.613. The van der Waals surface area contributed by atoms with E-state index in [1.807, 2.05) is 6.08 Å². The van der Waals surface area contributed by atoms with Gasteiger partial charge in [-0.2, -0.15) is 0 Å². The van der Waals surface area contributed by atoms with Gasteiger partial charge in [-0.1, -0.05) is 19.1 Å². The van der Waals surface area contributed by atoms with Crippen molar-refractivity contribution in [2.45, 2.75) is 111 Å². The quantitative estimate of drug-likeness (QED) is 0.348. The Labute approximate surface area is 242 Å². The topological polar surface area (TPSA) is 104 Å². The molecule has 0 bridgehead atoms. The fourth-order valence-corrected chi connectivity index (χ4v) is 4.54. The number of anilines is 1. The number of aliphatic hydroxyl groups is 1. The Kier molecular flexibility index (Phi) is 9.62. The zero-order valence-corrected chi connectivity index (χ0v) is 25.7. The van der Waals surface area contributed by atoms with E-state index in [-0.39, 0.29) is 29.5 Å². The number of carbonyl (C=O) groups excluding carboxylic acids is 2. The van der Waals surface area contributed by atoms with Crippen molar-refractivity contribution >= 4 is 23.8 Å². The lowest BCUT2D eigenvalue weighted by atomic mass is 10.00. The SMILES string of the molecule is C[C@H](O)[C@H](C)/C=C(/F)C[C@H]1OC(C)(C)O[C@H]1C/C=C/c1cc(N(C)C(=O)OC(C)(C)C)cc2c1C(=O)OC(C)(C)O2. The number of halogens is 1. The molecule has 1 N–H and O–H groups in total. The highest BCUT2D eigenvalue weighted by Gasteiger charge is 2.41. The summed E-state index contributed by atoms with van der Waals surface area (Å²) in [5.41, 5.74) is 0.465. The first-order chi connectivity index (χ1) is 18.8. The molecule has 1 fully saturated rings. The molecule has 0 saturated carbocycles. The number of benzene rings is 1. The predicted octanol–water partition coefficient (Wildman–Crippen LogP) is 6.53. The molecular formula is C31H44FNO8. The molecule has 0 aliphatic carbocycles. The van der Waals surface area contributed by atoms with E-state index < -0.39 is 47.5 Å². The van der Waals surface area contributed by atoms with Crippen LogP contribution in [0.3, 0.4) is 0 Å². The smallest absolute Gasteiger partial charge is 0.414 e. The highest BCUT2D eigenvalue weighted by Crippen LogP contribution is 2.39. The summed E-state index contributed by atoms with van der Waals surface area (Å²) in [6.07, 6.45) is 3.03. The second-order valence-electron chi connectivity index (χ2n) is 12.6. The standard InChI is InChI=1S/C31H44FNO8/c1-18(19(2)34)14-21(32)16-24-23(37-30(6,7)38-24)13-11-12-20-15-22(33(10)28(36)41-29(3,4)5)17-25-26(20)27(35)40-31(8,9)39-25/h11-12,14-15,17-19,23-24,34H,13,16H2,1-10H3/b12-11+,21-14+/t18-,19+,23+,24-/m1/s1. The molecule has 4 atom stereocenters. The van der Waals surface area contributed by atoms with Crippen LogP contribution in [-0.2, 0) is 18.9 Å². The van der Waals surface area contributed by atoms with E-state index in [1.54, 1.807) is 87.6 Å². The van der Waals surface area contributed by atoms with Crippen LogP contribution in [0, 0.1) is 5.92 Å². The molecule has 0 aromatic heterocycles. The molecule has 1 amide bonds. The number of fused-ring (bicyclic) bond motifs is 1. The Morgan fingerprint density at radius 3 is 2.37 bits per heavy atom. The summed E-state index contributed by atoms with van der Waals surface area (Å²) in [5, 5.41) is 9.71. The summed E-state index contributed by atoms with van der Waals surface area (Å²) in [6.45, 7) is 15.5. The van der Waals surface area contributed by atoms with Crippen LogP contribution < -0.4 is 9.64 Å². The number of carbonyl (C=O) groups is 2. The van der Waals surface area contributed by atoms with Crippen LogP contribution in [0.4, 0.5) is 14.9 Å². The second-order valence-corrected chi connectivity index (χ2v) is 12.6. The summed E-state index contributed by atoms with van der Waals surface area (Å²) in [5.74, 6) is -3.09. The number of ether oxygens (including phenoxy) is 5. The minimum absolute atomic E-state index is 0.000187. The largest absolute Gasteiger partial charge is 0.452 e. The molecule has 0 radical (unpaired) electrons. The Morgan fingerprint density at radius 1 is 1.12 bits per heavy atom. The molecule has 0 unspecified atom stereocenters. The number of aliphatic hydroxyl groups excluding tert-OH is 1. The van der Waals surface area contributed by atoms with Crippen molar-refractivity contribution in [2.75, 3.05) is 11.9 Å². The normalized spacial score (nSPS) is 23.4. The third-order valence-corrected chi connectivity index (χ3v) is 6.62. The average molecular weight is 578 g/mol. The number of hydrogen-bond donors (Lipinski definition) is 1. The van der Waals surface area contributed by atoms with Crippen LogP contribution in [0.25, 0.3) is 6.08 Å². The van der Waals surface area contributed by atoms with E-state index in [0.717, 1.165) is 0 Å². The highest BCUT2D eigenvalue weighted by molar-refractivity contribution is 5.99. The Balaban J connectivity index is 1.89. The molecule has 3 rings (SSSR count). The maximum absolute atomic E-state index is 14.7. The molecule has 41 heavy (non-hydrogen) atoms. The van der Waals surface area contributed by atoms with Crippen molar-refractivity contribution in [1.29, 1.82) is 0 Å². The molecule has 2 aliphatic rings. The van der Waals surface area contributed by atoms with Crippen LogP contribution in [-0.4, -0.2) is 59.7 Å². The van der Waals surface area contributed by atoms with Crippen LogP contribution in [0.1, 0.15) is 91.1 Å². The Morgan fingerprint density at radius 2 is 1.76 bits per heavy atom. The van der Waals surface area contributed by atoms with E-state index in [0.29, 0.717) is 17.7 Å². The van der Waals surface area contributed by atoms with Crippen molar-refractivity contribution in [3.05, 3.63) is 41.2 Å². The molecule has 9 nitrogen and oxygen atoms in total. The molecule has 2 heterocycles. The van der Waals surface area contributed by atoms with Gasteiger partial charge in [0, 0.05) is 39.3 Å². The van der Waals surface area contributed by atoms with Crippen molar-refractivity contribution in [3.8, 4) is 5.75 Å². The van der Waals surface area contributed by atoms with Gasteiger partial charge in [0.2, 0.25) is 5.79 Å². The average Bonchev–Trinajstić information content (AvgIpc) is 3.08. The summed E-state index contributed by atoms with van der Waals surface area (Å²) < 4.78 is 43.7. The van der Waals surface area contributed by atoms with Crippen molar-refractivity contribution in [3.63, 3.8) is 0 Å². The summed E-state index contributed by atoms with van der Waals surface area (Å²) in [6, 6.07) is 3.28. The zero-order valence-electron chi connectivity index (χ0n) is 25.7. The lowest BCUT2D eigenvalue weighted by Gasteiger charge is -2.33. The van der Waals surface area contributed by atoms with Gasteiger partial charge in [-0.05, 0) is 65.7 Å². The van der Waals surface area contributed by atoms with E-state index in [4.69, 9.17) is 23.7 Å². The molecular weight excluding hydrogens is 533 g/mol. The number of hydrogen-bond acceptors (Lipinski definition) is 8. The maximum atomic E-state index is 14.7. The van der Waals surface area contributed by atoms with Gasteiger partial charge in [-0.25, -0.2) is 14.0 Å². The van der Waals surface area contributed by atoms with Crippen LogP contribution in [0.5, 0.6) is 5.75 Å². The minimum Gasteiger partial charge on any atom is -0.452 e. The number of cyclic esters (lactones) is 1. The maximum Gasteiger partial charge on any atom is 0.414 e. The van der Waals surface area contributed by atoms with E-state index in [2.05, 4.69) is 0 Å². The summed E-state index contributed by atoms with van der Waals surface area (Å²) >= 11 is 0. The van der Waals surface area contributed by atoms with Gasteiger partial charge in [-0.15, -0.1) is 0 Å². The lowest BCUT2D eigenvalue weighted by Crippen LogP contribution is -2.39. The third kappa shape index (κ3) is 8.77. The van der Waals surface area contributed by atoms with E-state index >= 15 is 0 Å². The third-order valence-electron chi connectivity index (χ3n) is 6.62. The fourth-order valence-electron chi connectivity index (χ4n) is 4.54. The molecule has 1 saturated heterocycles. The van der Waals surface area contributed by atoms with Crippen LogP contribution in [0.2, 0.25) is 0 Å².